The van der Waals surface area contributed by atoms with Crippen LogP contribution in [0.15, 0.2) is 36.4 Å². The molecule has 1 aromatic carbocycles. The van der Waals surface area contributed by atoms with Gasteiger partial charge in [-0.1, -0.05) is 6.07 Å². The molecule has 6 heteroatoms. The van der Waals surface area contributed by atoms with Crippen LogP contribution in [-0.2, 0) is 0 Å². The van der Waals surface area contributed by atoms with Crippen LogP contribution in [0.1, 0.15) is 26.5 Å². The number of carbonyl (C=O) groups is 2. The van der Waals surface area contributed by atoms with E-state index in [0.717, 1.165) is 18.2 Å². The topological polar surface area (TPSA) is 79.3 Å². The number of nitrogens with one attached hydrogen (secondary N) is 1. The first-order chi connectivity index (χ1) is 9.47. The molecule has 0 atom stereocenters. The molecule has 2 rings (SSSR count). The Bertz CT molecular complexity index is 686. The summed E-state index contributed by atoms with van der Waals surface area (Å²) in [6, 6.07) is 7.93. The van der Waals surface area contributed by atoms with Crippen molar-refractivity contribution in [3.05, 3.63) is 59.2 Å². The van der Waals surface area contributed by atoms with E-state index in [9.17, 15) is 14.0 Å². The van der Waals surface area contributed by atoms with Crippen molar-refractivity contribution >= 4 is 17.6 Å². The molecule has 1 aromatic heterocycles. The number of aromatic nitrogens is 1. The Labute approximate surface area is 114 Å². The number of aryl methyl sites for hydroxylation is 1. The van der Waals surface area contributed by atoms with Gasteiger partial charge in [0.15, 0.2) is 0 Å². The number of carbonyl (C=O) groups excluding carboxylic acids is 1. The number of carboxylic acids is 1. The van der Waals surface area contributed by atoms with Crippen molar-refractivity contribution in [2.45, 2.75) is 6.92 Å². The van der Waals surface area contributed by atoms with E-state index >= 15 is 0 Å². The fraction of sp³-hybridized carbons (Fsp3) is 0.0714. The molecule has 0 radical (unpaired) electrons. The Kier molecular flexibility index (Phi) is 3.74. The molecular formula is C14H11FN2O3. The summed E-state index contributed by atoms with van der Waals surface area (Å²) < 4.78 is 13.2. The molecule has 0 spiro atoms. The second-order valence-corrected chi connectivity index (χ2v) is 4.11. The highest BCUT2D eigenvalue weighted by Crippen LogP contribution is 2.18. The van der Waals surface area contributed by atoms with Gasteiger partial charge in [0.05, 0.1) is 11.3 Å². The highest BCUT2D eigenvalue weighted by molar-refractivity contribution is 6.06. The monoisotopic (exact) mass is 274 g/mol. The predicted molar refractivity (Wildman–Crippen MR) is 70.3 cm³/mol. The first-order valence-electron chi connectivity index (χ1n) is 5.75. The number of hydrogen-bond acceptors (Lipinski definition) is 3. The number of pyridine rings is 1. The van der Waals surface area contributed by atoms with Gasteiger partial charge in [-0.15, -0.1) is 0 Å². The number of amides is 1. The number of benzene rings is 1. The van der Waals surface area contributed by atoms with E-state index in [0.29, 0.717) is 5.69 Å². The maximum atomic E-state index is 13.2. The SMILES string of the molecule is Cc1cccc(C(=O)Nc2cc(F)ccc2C(=O)O)n1. The van der Waals surface area contributed by atoms with Crippen LogP contribution in [0.25, 0.3) is 0 Å². The van der Waals surface area contributed by atoms with Crippen molar-refractivity contribution < 1.29 is 19.1 Å². The third-order valence-corrected chi connectivity index (χ3v) is 2.58. The summed E-state index contributed by atoms with van der Waals surface area (Å²) in [5, 5.41) is 11.3. The van der Waals surface area contributed by atoms with Gasteiger partial charge in [-0.3, -0.25) is 4.79 Å². The normalized spacial score (nSPS) is 10.1. The number of rotatable bonds is 3. The zero-order valence-corrected chi connectivity index (χ0v) is 10.6. The maximum absolute atomic E-state index is 13.2. The van der Waals surface area contributed by atoms with Crippen molar-refractivity contribution in [3.63, 3.8) is 0 Å². The Hall–Kier alpha value is -2.76. The molecule has 0 aliphatic rings. The van der Waals surface area contributed by atoms with Gasteiger partial charge in [-0.05, 0) is 37.3 Å². The zero-order valence-electron chi connectivity index (χ0n) is 10.6. The Morgan fingerprint density at radius 2 is 2.00 bits per heavy atom. The van der Waals surface area contributed by atoms with Crippen molar-refractivity contribution in [2.75, 3.05) is 5.32 Å². The zero-order chi connectivity index (χ0) is 14.7. The van der Waals surface area contributed by atoms with Gasteiger partial charge in [-0.2, -0.15) is 0 Å². The van der Waals surface area contributed by atoms with Gasteiger partial charge in [0.1, 0.15) is 11.5 Å². The van der Waals surface area contributed by atoms with Crippen molar-refractivity contribution in [1.29, 1.82) is 0 Å². The van der Waals surface area contributed by atoms with Crippen LogP contribution >= 0.6 is 0 Å². The van der Waals surface area contributed by atoms with Crippen LogP contribution < -0.4 is 5.32 Å². The number of aromatic carboxylic acids is 1. The Morgan fingerprint density at radius 3 is 2.65 bits per heavy atom. The number of halogens is 1. The summed E-state index contributed by atoms with van der Waals surface area (Å²) in [5.74, 6) is -2.48. The van der Waals surface area contributed by atoms with E-state index in [1.54, 1.807) is 19.1 Å². The summed E-state index contributed by atoms with van der Waals surface area (Å²) >= 11 is 0. The third kappa shape index (κ3) is 2.97. The number of anilines is 1. The lowest BCUT2D eigenvalue weighted by Crippen LogP contribution is -2.16. The molecule has 1 heterocycles. The molecule has 2 aromatic rings. The molecule has 20 heavy (non-hydrogen) atoms. The van der Waals surface area contributed by atoms with Gasteiger partial charge in [0, 0.05) is 5.69 Å². The van der Waals surface area contributed by atoms with Crippen LogP contribution in [0, 0.1) is 12.7 Å². The lowest BCUT2D eigenvalue weighted by molar-refractivity contribution is 0.0698. The quantitative estimate of drug-likeness (QED) is 0.901. The number of nitrogens with zero attached hydrogens (tertiary/aromatic N) is 1. The van der Waals surface area contributed by atoms with Crippen molar-refractivity contribution in [1.82, 2.24) is 4.98 Å². The van der Waals surface area contributed by atoms with Gasteiger partial charge < -0.3 is 10.4 Å². The average molecular weight is 274 g/mol. The van der Waals surface area contributed by atoms with Crippen LogP contribution in [-0.4, -0.2) is 22.0 Å². The molecule has 0 unspecified atom stereocenters. The fourth-order valence-corrected chi connectivity index (χ4v) is 1.66. The summed E-state index contributed by atoms with van der Waals surface area (Å²) in [6.45, 7) is 1.72. The molecule has 0 aliphatic heterocycles. The lowest BCUT2D eigenvalue weighted by Gasteiger charge is -2.08. The second-order valence-electron chi connectivity index (χ2n) is 4.11. The molecule has 0 fully saturated rings. The van der Waals surface area contributed by atoms with Gasteiger partial charge in [-0.25, -0.2) is 14.2 Å². The van der Waals surface area contributed by atoms with Gasteiger partial charge in [0.2, 0.25) is 0 Å². The number of carboxylic acid groups (broad SMARTS) is 1. The summed E-state index contributed by atoms with van der Waals surface area (Å²) in [6.07, 6.45) is 0. The fourth-order valence-electron chi connectivity index (χ4n) is 1.66. The van der Waals surface area contributed by atoms with E-state index in [4.69, 9.17) is 5.11 Å². The molecule has 2 N–H and O–H groups in total. The summed E-state index contributed by atoms with van der Waals surface area (Å²) in [7, 11) is 0. The standard InChI is InChI=1S/C14H11FN2O3/c1-8-3-2-4-11(16-8)13(18)17-12-7-9(15)5-6-10(12)14(19)20/h2-7H,1H3,(H,17,18)(H,19,20). The molecular weight excluding hydrogens is 263 g/mol. The first-order valence-corrected chi connectivity index (χ1v) is 5.75. The molecule has 5 nitrogen and oxygen atoms in total. The third-order valence-electron chi connectivity index (χ3n) is 2.58. The van der Waals surface area contributed by atoms with Crippen LogP contribution in [0.4, 0.5) is 10.1 Å². The van der Waals surface area contributed by atoms with E-state index in [1.807, 2.05) is 0 Å². The molecule has 0 saturated carbocycles. The Morgan fingerprint density at radius 1 is 1.25 bits per heavy atom. The lowest BCUT2D eigenvalue weighted by atomic mass is 10.1. The highest BCUT2D eigenvalue weighted by atomic mass is 19.1. The average Bonchev–Trinajstić information content (AvgIpc) is 2.38. The maximum Gasteiger partial charge on any atom is 0.337 e. The molecule has 0 saturated heterocycles. The van der Waals surface area contributed by atoms with Crippen LogP contribution in [0.3, 0.4) is 0 Å². The van der Waals surface area contributed by atoms with Crippen molar-refractivity contribution in [3.8, 4) is 0 Å². The predicted octanol–water partition coefficient (Wildman–Crippen LogP) is 2.48. The Balaban J connectivity index is 2.32. The van der Waals surface area contributed by atoms with Gasteiger partial charge in [0.25, 0.3) is 5.91 Å². The second kappa shape index (κ2) is 5.48. The van der Waals surface area contributed by atoms with E-state index in [-0.39, 0.29) is 16.9 Å². The highest BCUT2D eigenvalue weighted by Gasteiger charge is 2.15. The summed E-state index contributed by atoms with van der Waals surface area (Å²) in [5.41, 5.74) is 0.485. The first kappa shape index (κ1) is 13.7. The van der Waals surface area contributed by atoms with Crippen molar-refractivity contribution in [2.24, 2.45) is 0 Å². The van der Waals surface area contributed by atoms with E-state index in [2.05, 4.69) is 10.3 Å². The smallest absolute Gasteiger partial charge is 0.337 e. The van der Waals surface area contributed by atoms with E-state index < -0.39 is 17.7 Å². The largest absolute Gasteiger partial charge is 0.478 e. The minimum atomic E-state index is -1.25. The molecule has 1 amide bonds. The molecule has 0 aliphatic carbocycles. The summed E-state index contributed by atoms with van der Waals surface area (Å²) in [4.78, 5) is 27.0. The van der Waals surface area contributed by atoms with Crippen LogP contribution in [0.2, 0.25) is 0 Å². The van der Waals surface area contributed by atoms with E-state index in [1.165, 1.54) is 6.07 Å². The minimum Gasteiger partial charge on any atom is -0.478 e. The molecule has 102 valence electrons. The minimum absolute atomic E-state index is 0.106. The van der Waals surface area contributed by atoms with Crippen LogP contribution in [0.5, 0.6) is 0 Å². The van der Waals surface area contributed by atoms with Gasteiger partial charge >= 0.3 is 5.97 Å². The number of hydrogen-bond donors (Lipinski definition) is 2. The molecule has 0 bridgehead atoms.